The van der Waals surface area contributed by atoms with Gasteiger partial charge in [0.1, 0.15) is 0 Å². The minimum Gasteiger partial charge on any atom is -0.452 e. The molecule has 2 aromatic rings. The molecule has 0 saturated heterocycles. The van der Waals surface area contributed by atoms with Crippen LogP contribution in [0.5, 0.6) is 0 Å². The number of rotatable bonds is 8. The fourth-order valence-electron chi connectivity index (χ4n) is 2.48. The molecular weight excluding hydrogens is 460 g/mol. The van der Waals surface area contributed by atoms with E-state index in [1.54, 1.807) is 13.8 Å². The molecule has 0 aliphatic heterocycles. The Balaban J connectivity index is 1.90. The van der Waals surface area contributed by atoms with Gasteiger partial charge in [-0.05, 0) is 62.7 Å². The monoisotopic (exact) mass is 482 g/mol. The van der Waals surface area contributed by atoms with Crippen LogP contribution in [0.3, 0.4) is 0 Å². The molecule has 1 unspecified atom stereocenters. The summed E-state index contributed by atoms with van der Waals surface area (Å²) in [6.45, 7) is 4.82. The predicted molar refractivity (Wildman–Crippen MR) is 113 cm³/mol. The summed E-state index contributed by atoms with van der Waals surface area (Å²) >= 11 is 3.35. The van der Waals surface area contributed by atoms with E-state index < -0.39 is 28.5 Å². The average molecular weight is 483 g/mol. The molecule has 0 aromatic heterocycles. The first-order valence-corrected chi connectivity index (χ1v) is 11.2. The lowest BCUT2D eigenvalue weighted by Gasteiger charge is -2.14. The summed E-state index contributed by atoms with van der Waals surface area (Å²) in [6.07, 6.45) is 0. The molecule has 9 heteroatoms. The molecule has 0 spiro atoms. The third-order valence-electron chi connectivity index (χ3n) is 3.87. The zero-order valence-corrected chi connectivity index (χ0v) is 18.7. The van der Waals surface area contributed by atoms with Crippen LogP contribution < -0.4 is 10.0 Å². The topological polar surface area (TPSA) is 102 Å². The molecule has 29 heavy (non-hydrogen) atoms. The van der Waals surface area contributed by atoms with Crippen molar-refractivity contribution in [3.05, 3.63) is 64.1 Å². The summed E-state index contributed by atoms with van der Waals surface area (Å²) in [5.41, 5.74) is 1.07. The van der Waals surface area contributed by atoms with Crippen molar-refractivity contribution in [2.45, 2.75) is 37.8 Å². The standard InChI is InChI=1S/C20H23BrN2O5S/c1-13(2)23-29(26,27)18-10-6-16(7-11-18)20(25)28-12-19(24)22-14(3)15-4-8-17(21)9-5-15/h4-11,13-14,23H,12H2,1-3H3,(H,22,24). The Bertz CT molecular complexity index is 957. The summed E-state index contributed by atoms with van der Waals surface area (Å²) in [7, 11) is -3.64. The second-order valence-corrected chi connectivity index (χ2v) is 9.35. The molecule has 1 amide bonds. The normalized spacial score (nSPS) is 12.4. The van der Waals surface area contributed by atoms with Crippen LogP contribution in [-0.2, 0) is 19.6 Å². The van der Waals surface area contributed by atoms with Crippen molar-refractivity contribution >= 4 is 37.8 Å². The van der Waals surface area contributed by atoms with E-state index in [4.69, 9.17) is 4.74 Å². The molecule has 0 aliphatic rings. The maximum absolute atomic E-state index is 12.1. The van der Waals surface area contributed by atoms with E-state index >= 15 is 0 Å². The molecule has 1 atom stereocenters. The second-order valence-electron chi connectivity index (χ2n) is 6.72. The van der Waals surface area contributed by atoms with Crippen molar-refractivity contribution in [2.75, 3.05) is 6.61 Å². The van der Waals surface area contributed by atoms with Crippen molar-refractivity contribution in [1.29, 1.82) is 0 Å². The number of carbonyl (C=O) groups excluding carboxylic acids is 2. The maximum Gasteiger partial charge on any atom is 0.338 e. The summed E-state index contributed by atoms with van der Waals surface area (Å²) < 4.78 is 32.6. The smallest absolute Gasteiger partial charge is 0.338 e. The van der Waals surface area contributed by atoms with Crippen LogP contribution in [0.25, 0.3) is 0 Å². The first kappa shape index (κ1) is 23.1. The molecule has 0 aliphatic carbocycles. The zero-order valence-electron chi connectivity index (χ0n) is 16.3. The van der Waals surface area contributed by atoms with Gasteiger partial charge in [0.25, 0.3) is 5.91 Å². The van der Waals surface area contributed by atoms with Gasteiger partial charge in [0.05, 0.1) is 16.5 Å². The van der Waals surface area contributed by atoms with Gasteiger partial charge >= 0.3 is 5.97 Å². The number of esters is 1. The zero-order chi connectivity index (χ0) is 21.6. The van der Waals surface area contributed by atoms with Crippen molar-refractivity contribution in [3.8, 4) is 0 Å². The SMILES string of the molecule is CC(C)NS(=O)(=O)c1ccc(C(=O)OCC(=O)NC(C)c2ccc(Br)cc2)cc1. The van der Waals surface area contributed by atoms with Crippen molar-refractivity contribution in [1.82, 2.24) is 10.0 Å². The van der Waals surface area contributed by atoms with Crippen molar-refractivity contribution < 1.29 is 22.7 Å². The number of hydrogen-bond donors (Lipinski definition) is 2. The Morgan fingerprint density at radius 3 is 2.14 bits per heavy atom. The van der Waals surface area contributed by atoms with E-state index in [2.05, 4.69) is 26.0 Å². The second kappa shape index (κ2) is 10.00. The molecule has 0 heterocycles. The van der Waals surface area contributed by atoms with Gasteiger partial charge in [-0.25, -0.2) is 17.9 Å². The first-order chi connectivity index (χ1) is 13.6. The number of halogens is 1. The van der Waals surface area contributed by atoms with Gasteiger partial charge in [-0.15, -0.1) is 0 Å². The molecule has 156 valence electrons. The van der Waals surface area contributed by atoms with Gasteiger partial charge < -0.3 is 10.1 Å². The lowest BCUT2D eigenvalue weighted by Crippen LogP contribution is -2.31. The number of amides is 1. The third kappa shape index (κ3) is 6.95. The predicted octanol–water partition coefficient (Wildman–Crippen LogP) is 3.17. The Hall–Kier alpha value is -2.23. The molecule has 0 radical (unpaired) electrons. The quantitative estimate of drug-likeness (QED) is 0.562. The molecule has 0 saturated carbocycles. The van der Waals surface area contributed by atoms with Crippen molar-refractivity contribution in [3.63, 3.8) is 0 Å². The lowest BCUT2D eigenvalue weighted by atomic mass is 10.1. The molecule has 7 nitrogen and oxygen atoms in total. The molecular formula is C20H23BrN2O5S. The molecule has 0 fully saturated rings. The number of carbonyl (C=O) groups is 2. The highest BCUT2D eigenvalue weighted by Crippen LogP contribution is 2.16. The van der Waals surface area contributed by atoms with Crippen LogP contribution in [0.4, 0.5) is 0 Å². The van der Waals surface area contributed by atoms with E-state index in [0.29, 0.717) is 0 Å². The van der Waals surface area contributed by atoms with Gasteiger partial charge in [-0.1, -0.05) is 28.1 Å². The number of sulfonamides is 1. The van der Waals surface area contributed by atoms with Crippen LogP contribution in [0, 0.1) is 0 Å². The van der Waals surface area contributed by atoms with Crippen LogP contribution in [0.15, 0.2) is 57.9 Å². The first-order valence-electron chi connectivity index (χ1n) is 8.93. The van der Waals surface area contributed by atoms with E-state index in [9.17, 15) is 18.0 Å². The average Bonchev–Trinajstić information content (AvgIpc) is 2.65. The highest BCUT2D eigenvalue weighted by Gasteiger charge is 2.17. The molecule has 0 bridgehead atoms. The molecule has 2 N–H and O–H groups in total. The number of benzene rings is 2. The van der Waals surface area contributed by atoms with E-state index in [1.165, 1.54) is 24.3 Å². The van der Waals surface area contributed by atoms with Gasteiger partial charge in [-0.2, -0.15) is 0 Å². The Kier molecular flexibility index (Phi) is 7.95. The molecule has 2 aromatic carbocycles. The van der Waals surface area contributed by atoms with Crippen LogP contribution >= 0.6 is 15.9 Å². The Morgan fingerprint density at radius 1 is 1.00 bits per heavy atom. The minimum atomic E-state index is -3.64. The summed E-state index contributed by atoms with van der Waals surface area (Å²) in [6, 6.07) is 12.3. The van der Waals surface area contributed by atoms with Crippen LogP contribution in [0.2, 0.25) is 0 Å². The minimum absolute atomic E-state index is 0.0452. The van der Waals surface area contributed by atoms with E-state index in [1.807, 2.05) is 31.2 Å². The highest BCUT2D eigenvalue weighted by atomic mass is 79.9. The number of nitrogens with one attached hydrogen (secondary N) is 2. The Labute approximate surface area is 179 Å². The highest BCUT2D eigenvalue weighted by molar-refractivity contribution is 9.10. The van der Waals surface area contributed by atoms with Gasteiger partial charge in [-0.3, -0.25) is 4.79 Å². The van der Waals surface area contributed by atoms with Crippen LogP contribution in [0.1, 0.15) is 42.7 Å². The third-order valence-corrected chi connectivity index (χ3v) is 6.08. The van der Waals surface area contributed by atoms with E-state index in [0.717, 1.165) is 10.0 Å². The number of ether oxygens (including phenoxy) is 1. The fourth-order valence-corrected chi connectivity index (χ4v) is 4.00. The Morgan fingerprint density at radius 2 is 1.59 bits per heavy atom. The van der Waals surface area contributed by atoms with Gasteiger partial charge in [0.15, 0.2) is 6.61 Å². The maximum atomic E-state index is 12.1. The molecule has 2 rings (SSSR count). The fraction of sp³-hybridized carbons (Fsp3) is 0.300. The summed E-state index contributed by atoms with van der Waals surface area (Å²) in [5, 5.41) is 2.75. The van der Waals surface area contributed by atoms with E-state index in [-0.39, 0.29) is 22.5 Å². The lowest BCUT2D eigenvalue weighted by molar-refractivity contribution is -0.124. The van der Waals surface area contributed by atoms with Crippen LogP contribution in [-0.4, -0.2) is 32.9 Å². The largest absolute Gasteiger partial charge is 0.452 e. The number of hydrogen-bond acceptors (Lipinski definition) is 5. The summed E-state index contributed by atoms with van der Waals surface area (Å²) in [5.74, 6) is -1.15. The van der Waals surface area contributed by atoms with Gasteiger partial charge in [0.2, 0.25) is 10.0 Å². The van der Waals surface area contributed by atoms with Gasteiger partial charge in [0, 0.05) is 10.5 Å². The van der Waals surface area contributed by atoms with Crippen molar-refractivity contribution in [2.24, 2.45) is 0 Å². The summed E-state index contributed by atoms with van der Waals surface area (Å²) in [4.78, 5) is 24.2.